The van der Waals surface area contributed by atoms with Crippen molar-refractivity contribution in [1.29, 1.82) is 0 Å². The molecule has 0 amide bonds. The Hall–Kier alpha value is -1.26. The van der Waals surface area contributed by atoms with E-state index >= 15 is 0 Å². The van der Waals surface area contributed by atoms with Crippen LogP contribution in [0.1, 0.15) is 24.5 Å². The first-order valence-corrected chi connectivity index (χ1v) is 7.13. The molecule has 4 heteroatoms. The molecule has 0 aromatic heterocycles. The molecular weight excluding hydrogens is 240 g/mol. The standard InChI is InChI=1S/C15H22N2O2/c1-18-12-4-5-14(17-7-2-3-8-17)13(10-12)15-11-16-6-9-19-15/h4-5,10,15-16H,2-3,6-9,11H2,1H3. The molecule has 1 unspecified atom stereocenters. The molecular formula is C15H22N2O2. The Balaban J connectivity index is 1.92. The average molecular weight is 262 g/mol. The Kier molecular flexibility index (Phi) is 3.89. The van der Waals surface area contributed by atoms with Crippen molar-refractivity contribution in [2.75, 3.05) is 44.8 Å². The summed E-state index contributed by atoms with van der Waals surface area (Å²) in [4.78, 5) is 2.47. The van der Waals surface area contributed by atoms with Gasteiger partial charge in [-0.15, -0.1) is 0 Å². The summed E-state index contributed by atoms with van der Waals surface area (Å²) in [6, 6.07) is 6.36. The molecule has 2 heterocycles. The zero-order valence-corrected chi connectivity index (χ0v) is 11.5. The number of hydrogen-bond donors (Lipinski definition) is 1. The number of morpholine rings is 1. The third kappa shape index (κ3) is 2.69. The van der Waals surface area contributed by atoms with Crippen LogP contribution in [-0.4, -0.2) is 39.9 Å². The molecule has 1 atom stereocenters. The molecule has 0 saturated carbocycles. The number of nitrogens with zero attached hydrogens (tertiary/aromatic N) is 1. The van der Waals surface area contributed by atoms with E-state index in [0.29, 0.717) is 0 Å². The zero-order chi connectivity index (χ0) is 13.1. The second kappa shape index (κ2) is 5.80. The van der Waals surface area contributed by atoms with Gasteiger partial charge in [-0.05, 0) is 31.0 Å². The molecule has 2 aliphatic rings. The summed E-state index contributed by atoms with van der Waals surface area (Å²) in [6.07, 6.45) is 2.71. The smallest absolute Gasteiger partial charge is 0.119 e. The number of ether oxygens (including phenoxy) is 2. The van der Waals surface area contributed by atoms with Crippen LogP contribution in [0.25, 0.3) is 0 Å². The predicted octanol–water partition coefficient (Wildman–Crippen LogP) is 1.96. The molecule has 0 bridgehead atoms. The first-order chi connectivity index (χ1) is 9.38. The second-order valence-corrected chi connectivity index (χ2v) is 5.18. The zero-order valence-electron chi connectivity index (χ0n) is 11.5. The van der Waals surface area contributed by atoms with Crippen LogP contribution >= 0.6 is 0 Å². The van der Waals surface area contributed by atoms with Crippen LogP contribution in [0.2, 0.25) is 0 Å². The summed E-state index contributed by atoms with van der Waals surface area (Å²) in [5.74, 6) is 0.909. The minimum Gasteiger partial charge on any atom is -0.497 e. The van der Waals surface area contributed by atoms with Gasteiger partial charge in [0.1, 0.15) is 5.75 Å². The summed E-state index contributed by atoms with van der Waals surface area (Å²) in [5.41, 5.74) is 2.57. The first kappa shape index (κ1) is 12.8. The summed E-state index contributed by atoms with van der Waals surface area (Å²) >= 11 is 0. The van der Waals surface area contributed by atoms with E-state index in [9.17, 15) is 0 Å². The van der Waals surface area contributed by atoms with Crippen molar-refractivity contribution in [3.8, 4) is 5.75 Å². The van der Waals surface area contributed by atoms with Gasteiger partial charge >= 0.3 is 0 Å². The molecule has 4 nitrogen and oxygen atoms in total. The summed E-state index contributed by atoms with van der Waals surface area (Å²) in [5, 5.41) is 3.40. The van der Waals surface area contributed by atoms with Gasteiger partial charge in [-0.3, -0.25) is 0 Å². The topological polar surface area (TPSA) is 33.7 Å². The minimum atomic E-state index is 0.138. The van der Waals surface area contributed by atoms with Gasteiger partial charge in [0.05, 0.1) is 19.8 Å². The van der Waals surface area contributed by atoms with Gasteiger partial charge in [-0.2, -0.15) is 0 Å². The SMILES string of the molecule is COc1ccc(N2CCCC2)c(C2CNCCO2)c1. The lowest BCUT2D eigenvalue weighted by Crippen LogP contribution is -2.34. The molecule has 19 heavy (non-hydrogen) atoms. The molecule has 104 valence electrons. The number of rotatable bonds is 3. The maximum absolute atomic E-state index is 5.92. The lowest BCUT2D eigenvalue weighted by molar-refractivity contribution is 0.0278. The van der Waals surface area contributed by atoms with Crippen LogP contribution in [0.5, 0.6) is 5.75 Å². The largest absolute Gasteiger partial charge is 0.497 e. The highest BCUT2D eigenvalue weighted by Crippen LogP contribution is 2.34. The maximum atomic E-state index is 5.92. The fourth-order valence-corrected chi connectivity index (χ4v) is 2.93. The second-order valence-electron chi connectivity index (χ2n) is 5.18. The van der Waals surface area contributed by atoms with Crippen LogP contribution in [0, 0.1) is 0 Å². The number of hydrogen-bond acceptors (Lipinski definition) is 4. The van der Waals surface area contributed by atoms with E-state index in [1.54, 1.807) is 7.11 Å². The number of anilines is 1. The molecule has 0 spiro atoms. The normalized spacial score (nSPS) is 23.6. The van der Waals surface area contributed by atoms with Crippen molar-refractivity contribution in [2.45, 2.75) is 18.9 Å². The number of methoxy groups -OCH3 is 1. The number of nitrogens with one attached hydrogen (secondary N) is 1. The summed E-state index contributed by atoms with van der Waals surface area (Å²) in [7, 11) is 1.72. The fraction of sp³-hybridized carbons (Fsp3) is 0.600. The summed E-state index contributed by atoms with van der Waals surface area (Å²) in [6.45, 7) is 4.91. The monoisotopic (exact) mass is 262 g/mol. The molecule has 2 saturated heterocycles. The van der Waals surface area contributed by atoms with Crippen LogP contribution in [-0.2, 0) is 4.74 Å². The van der Waals surface area contributed by atoms with Crippen molar-refractivity contribution in [1.82, 2.24) is 5.32 Å². The van der Waals surface area contributed by atoms with Crippen LogP contribution < -0.4 is 15.0 Å². The Labute approximate surface area is 114 Å². The molecule has 1 aromatic carbocycles. The predicted molar refractivity (Wildman–Crippen MR) is 76.0 cm³/mol. The highest BCUT2D eigenvalue weighted by molar-refractivity contribution is 5.58. The van der Waals surface area contributed by atoms with Crippen LogP contribution in [0.15, 0.2) is 18.2 Å². The lowest BCUT2D eigenvalue weighted by Gasteiger charge is -2.29. The fourth-order valence-electron chi connectivity index (χ4n) is 2.93. The highest BCUT2D eigenvalue weighted by atomic mass is 16.5. The van der Waals surface area contributed by atoms with Gasteiger partial charge < -0.3 is 19.7 Å². The molecule has 1 N–H and O–H groups in total. The highest BCUT2D eigenvalue weighted by Gasteiger charge is 2.23. The van der Waals surface area contributed by atoms with Crippen LogP contribution in [0.3, 0.4) is 0 Å². The average Bonchev–Trinajstić information content (AvgIpc) is 3.01. The van der Waals surface area contributed by atoms with Gasteiger partial charge in [0.15, 0.2) is 0 Å². The molecule has 3 rings (SSSR count). The number of benzene rings is 1. The van der Waals surface area contributed by atoms with Gasteiger partial charge in [0.25, 0.3) is 0 Å². The van der Waals surface area contributed by atoms with E-state index in [1.165, 1.54) is 24.1 Å². The molecule has 2 aliphatic heterocycles. The lowest BCUT2D eigenvalue weighted by atomic mass is 10.0. The van der Waals surface area contributed by atoms with Gasteiger partial charge in [-0.1, -0.05) is 0 Å². The van der Waals surface area contributed by atoms with E-state index in [4.69, 9.17) is 9.47 Å². The third-order valence-electron chi connectivity index (χ3n) is 3.96. The molecule has 1 aromatic rings. The Morgan fingerprint density at radius 3 is 2.84 bits per heavy atom. The van der Waals surface area contributed by atoms with Crippen molar-refractivity contribution in [3.05, 3.63) is 23.8 Å². The maximum Gasteiger partial charge on any atom is 0.119 e. The quantitative estimate of drug-likeness (QED) is 0.903. The third-order valence-corrected chi connectivity index (χ3v) is 3.96. The van der Waals surface area contributed by atoms with Crippen LogP contribution in [0.4, 0.5) is 5.69 Å². The van der Waals surface area contributed by atoms with Gasteiger partial charge in [-0.25, -0.2) is 0 Å². The van der Waals surface area contributed by atoms with Crippen molar-refractivity contribution < 1.29 is 9.47 Å². The van der Waals surface area contributed by atoms with Gasteiger partial charge in [0, 0.05) is 37.4 Å². The van der Waals surface area contributed by atoms with E-state index in [2.05, 4.69) is 22.3 Å². The first-order valence-electron chi connectivity index (χ1n) is 7.13. The van der Waals surface area contributed by atoms with Gasteiger partial charge in [0.2, 0.25) is 0 Å². The van der Waals surface area contributed by atoms with Crippen molar-refractivity contribution >= 4 is 5.69 Å². The molecule has 0 aliphatic carbocycles. The molecule has 0 radical (unpaired) electrons. The Bertz CT molecular complexity index is 424. The van der Waals surface area contributed by atoms with E-state index in [1.807, 2.05) is 6.07 Å². The van der Waals surface area contributed by atoms with Crippen molar-refractivity contribution in [2.24, 2.45) is 0 Å². The van der Waals surface area contributed by atoms with E-state index in [-0.39, 0.29) is 6.10 Å². The Morgan fingerprint density at radius 2 is 2.16 bits per heavy atom. The Morgan fingerprint density at radius 1 is 1.32 bits per heavy atom. The molecule has 2 fully saturated rings. The minimum absolute atomic E-state index is 0.138. The summed E-state index contributed by atoms with van der Waals surface area (Å²) < 4.78 is 11.3. The van der Waals surface area contributed by atoms with E-state index < -0.39 is 0 Å². The van der Waals surface area contributed by atoms with E-state index in [0.717, 1.165) is 38.5 Å². The van der Waals surface area contributed by atoms with Crippen molar-refractivity contribution in [3.63, 3.8) is 0 Å².